The highest BCUT2D eigenvalue weighted by Crippen LogP contribution is 2.34. The number of ether oxygens (including phenoxy) is 2. The number of rotatable bonds is 8. The molecule has 0 bridgehead atoms. The van der Waals surface area contributed by atoms with Gasteiger partial charge in [-0.1, -0.05) is 24.3 Å². The molecule has 1 fully saturated rings. The third-order valence-corrected chi connectivity index (χ3v) is 4.94. The van der Waals surface area contributed by atoms with E-state index in [1.165, 1.54) is 6.07 Å². The number of carbonyl (C=O) groups is 1. The Morgan fingerprint density at radius 1 is 1.07 bits per heavy atom. The highest BCUT2D eigenvalue weighted by molar-refractivity contribution is 5.79. The third kappa shape index (κ3) is 5.05. The molecule has 0 spiro atoms. The number of hydrogen-bond donors (Lipinski definition) is 3. The number of amides is 1. The molecule has 0 radical (unpaired) electrons. The van der Waals surface area contributed by atoms with Crippen LogP contribution in [0.1, 0.15) is 37.8 Å². The van der Waals surface area contributed by atoms with Crippen LogP contribution >= 0.6 is 0 Å². The number of benzene rings is 2. The average molecular weight is 401 g/mol. The minimum atomic E-state index is -0.377. The highest BCUT2D eigenvalue weighted by atomic mass is 19.1. The zero-order valence-corrected chi connectivity index (χ0v) is 17.0. The molecule has 3 N–H and O–H groups in total. The Bertz CT molecular complexity index is 846. The van der Waals surface area contributed by atoms with E-state index in [1.807, 2.05) is 39.0 Å². The SMILES string of the molecule is CCOc1ccc(C2C(C)NNC2NC(=O)Cc2ccccc2F)cc1OCC. The molecule has 3 atom stereocenters. The monoisotopic (exact) mass is 401 g/mol. The summed E-state index contributed by atoms with van der Waals surface area (Å²) in [6, 6.07) is 12.2. The van der Waals surface area contributed by atoms with Crippen molar-refractivity contribution in [2.24, 2.45) is 0 Å². The fourth-order valence-corrected chi connectivity index (χ4v) is 3.61. The number of nitrogens with one attached hydrogen (secondary N) is 3. The van der Waals surface area contributed by atoms with Crippen LogP contribution < -0.4 is 25.6 Å². The molecule has 0 saturated carbocycles. The smallest absolute Gasteiger partial charge is 0.225 e. The molecule has 7 heteroatoms. The lowest BCUT2D eigenvalue weighted by molar-refractivity contribution is -0.121. The van der Waals surface area contributed by atoms with Crippen LogP contribution in [-0.4, -0.2) is 31.3 Å². The summed E-state index contributed by atoms with van der Waals surface area (Å²) in [5.74, 6) is 0.726. The van der Waals surface area contributed by atoms with Gasteiger partial charge in [-0.15, -0.1) is 0 Å². The van der Waals surface area contributed by atoms with Gasteiger partial charge in [0.15, 0.2) is 11.5 Å². The van der Waals surface area contributed by atoms with Gasteiger partial charge in [0.1, 0.15) is 12.0 Å². The first-order chi connectivity index (χ1) is 14.0. The summed E-state index contributed by atoms with van der Waals surface area (Å²) in [7, 11) is 0. The van der Waals surface area contributed by atoms with Gasteiger partial charge in [-0.05, 0) is 50.1 Å². The van der Waals surface area contributed by atoms with Crippen molar-refractivity contribution >= 4 is 5.91 Å². The van der Waals surface area contributed by atoms with Crippen molar-refractivity contribution in [1.82, 2.24) is 16.2 Å². The van der Waals surface area contributed by atoms with Gasteiger partial charge in [0.25, 0.3) is 0 Å². The summed E-state index contributed by atoms with van der Waals surface area (Å²) in [6.07, 6.45) is -0.351. The van der Waals surface area contributed by atoms with E-state index in [0.29, 0.717) is 30.3 Å². The predicted octanol–water partition coefficient (Wildman–Crippen LogP) is 2.89. The molecular formula is C22H28FN3O3. The summed E-state index contributed by atoms with van der Waals surface area (Å²) in [5.41, 5.74) is 7.70. The summed E-state index contributed by atoms with van der Waals surface area (Å²) >= 11 is 0. The predicted molar refractivity (Wildman–Crippen MR) is 109 cm³/mol. The maximum atomic E-state index is 13.9. The molecule has 6 nitrogen and oxygen atoms in total. The number of halogens is 1. The second-order valence-electron chi connectivity index (χ2n) is 6.99. The van der Waals surface area contributed by atoms with Crippen molar-refractivity contribution < 1.29 is 18.7 Å². The number of hydrazine groups is 1. The zero-order valence-electron chi connectivity index (χ0n) is 17.0. The Balaban J connectivity index is 1.76. The first-order valence-corrected chi connectivity index (χ1v) is 9.96. The van der Waals surface area contributed by atoms with Crippen LogP contribution in [-0.2, 0) is 11.2 Å². The number of carbonyl (C=O) groups excluding carboxylic acids is 1. The number of hydrogen-bond acceptors (Lipinski definition) is 5. The standard InChI is InChI=1S/C22H28FN3O3/c1-4-28-18-11-10-16(12-19(18)29-5-2)21-14(3)25-26-22(21)24-20(27)13-15-8-6-7-9-17(15)23/h6-12,14,21-22,25-26H,4-5,13H2,1-3H3,(H,24,27). The van der Waals surface area contributed by atoms with Gasteiger partial charge in [-0.3, -0.25) is 10.2 Å². The molecule has 1 saturated heterocycles. The highest BCUT2D eigenvalue weighted by Gasteiger charge is 2.35. The fourth-order valence-electron chi connectivity index (χ4n) is 3.61. The lowest BCUT2D eigenvalue weighted by Crippen LogP contribution is -2.46. The Morgan fingerprint density at radius 2 is 1.79 bits per heavy atom. The molecule has 29 heavy (non-hydrogen) atoms. The molecule has 3 rings (SSSR count). The summed E-state index contributed by atoms with van der Waals surface area (Å²) < 4.78 is 25.2. The molecule has 1 aliphatic heterocycles. The Hall–Kier alpha value is -2.64. The van der Waals surface area contributed by atoms with Crippen molar-refractivity contribution in [3.63, 3.8) is 0 Å². The average Bonchev–Trinajstić information content (AvgIpc) is 3.05. The largest absolute Gasteiger partial charge is 0.490 e. The normalized spacial score (nSPS) is 21.0. The van der Waals surface area contributed by atoms with Crippen molar-refractivity contribution in [2.75, 3.05) is 13.2 Å². The lowest BCUT2D eigenvalue weighted by Gasteiger charge is -2.24. The molecule has 2 aromatic carbocycles. The maximum Gasteiger partial charge on any atom is 0.225 e. The van der Waals surface area contributed by atoms with E-state index in [2.05, 4.69) is 16.2 Å². The van der Waals surface area contributed by atoms with Crippen LogP contribution in [0.2, 0.25) is 0 Å². The van der Waals surface area contributed by atoms with Gasteiger partial charge < -0.3 is 14.8 Å². The summed E-state index contributed by atoms with van der Waals surface area (Å²) in [6.45, 7) is 6.98. The van der Waals surface area contributed by atoms with Gasteiger partial charge in [-0.25, -0.2) is 9.82 Å². The molecule has 3 unspecified atom stereocenters. The fraction of sp³-hybridized carbons (Fsp3) is 0.409. The molecule has 1 aliphatic rings. The molecule has 0 aliphatic carbocycles. The first-order valence-electron chi connectivity index (χ1n) is 9.96. The summed E-state index contributed by atoms with van der Waals surface area (Å²) in [5, 5.41) is 2.97. The molecule has 1 heterocycles. The van der Waals surface area contributed by atoms with Crippen LogP contribution in [0.3, 0.4) is 0 Å². The Morgan fingerprint density at radius 3 is 2.52 bits per heavy atom. The lowest BCUT2D eigenvalue weighted by atomic mass is 9.91. The van der Waals surface area contributed by atoms with E-state index in [1.54, 1.807) is 18.2 Å². The molecular weight excluding hydrogens is 373 g/mol. The first kappa shape index (κ1) is 21.1. The quantitative estimate of drug-likeness (QED) is 0.635. The molecule has 1 amide bonds. The topological polar surface area (TPSA) is 71.6 Å². The summed E-state index contributed by atoms with van der Waals surface area (Å²) in [4.78, 5) is 12.5. The Labute approximate surface area is 170 Å². The van der Waals surface area contributed by atoms with Gasteiger partial charge in [0.2, 0.25) is 5.91 Å². The molecule has 2 aromatic rings. The van der Waals surface area contributed by atoms with Crippen LogP contribution in [0.15, 0.2) is 42.5 Å². The molecule has 156 valence electrons. The minimum absolute atomic E-state index is 0.0145. The van der Waals surface area contributed by atoms with Crippen LogP contribution in [0.5, 0.6) is 11.5 Å². The molecule has 0 aromatic heterocycles. The van der Waals surface area contributed by atoms with Gasteiger partial charge in [-0.2, -0.15) is 0 Å². The van der Waals surface area contributed by atoms with E-state index in [9.17, 15) is 9.18 Å². The van der Waals surface area contributed by atoms with E-state index in [4.69, 9.17) is 9.47 Å². The van der Waals surface area contributed by atoms with Gasteiger partial charge in [0.05, 0.1) is 19.6 Å². The Kier molecular flexibility index (Phi) is 7.06. The van der Waals surface area contributed by atoms with Gasteiger partial charge in [0, 0.05) is 12.0 Å². The second-order valence-corrected chi connectivity index (χ2v) is 6.99. The zero-order chi connectivity index (χ0) is 20.8. The third-order valence-electron chi connectivity index (χ3n) is 4.94. The minimum Gasteiger partial charge on any atom is -0.490 e. The van der Waals surface area contributed by atoms with E-state index in [0.717, 1.165) is 5.56 Å². The van der Waals surface area contributed by atoms with E-state index < -0.39 is 0 Å². The van der Waals surface area contributed by atoms with Crippen molar-refractivity contribution in [1.29, 1.82) is 0 Å². The van der Waals surface area contributed by atoms with Crippen LogP contribution in [0, 0.1) is 5.82 Å². The van der Waals surface area contributed by atoms with Crippen molar-refractivity contribution in [3.05, 3.63) is 59.4 Å². The second kappa shape index (κ2) is 9.71. The maximum absolute atomic E-state index is 13.9. The van der Waals surface area contributed by atoms with Gasteiger partial charge >= 0.3 is 0 Å². The van der Waals surface area contributed by atoms with Crippen molar-refractivity contribution in [3.8, 4) is 11.5 Å². The van der Waals surface area contributed by atoms with Crippen LogP contribution in [0.4, 0.5) is 4.39 Å². The van der Waals surface area contributed by atoms with E-state index >= 15 is 0 Å². The van der Waals surface area contributed by atoms with Crippen LogP contribution in [0.25, 0.3) is 0 Å². The van der Waals surface area contributed by atoms with E-state index in [-0.39, 0.29) is 36.3 Å². The van der Waals surface area contributed by atoms with Crippen molar-refractivity contribution in [2.45, 2.75) is 45.3 Å².